The molecule has 0 aliphatic heterocycles. The summed E-state index contributed by atoms with van der Waals surface area (Å²) in [5.41, 5.74) is 12.3. The van der Waals surface area contributed by atoms with Gasteiger partial charge in [-0.15, -0.1) is 0 Å². The van der Waals surface area contributed by atoms with Crippen molar-refractivity contribution >= 4 is 69.1 Å². The van der Waals surface area contributed by atoms with Gasteiger partial charge in [-0.2, -0.15) is 0 Å². The van der Waals surface area contributed by atoms with E-state index in [1.54, 1.807) is 7.11 Å². The van der Waals surface area contributed by atoms with Crippen LogP contribution in [0.25, 0.3) is 27.9 Å². The van der Waals surface area contributed by atoms with Crippen molar-refractivity contribution in [2.45, 2.75) is 18.7 Å². The molecule has 0 radical (unpaired) electrons. The maximum absolute atomic E-state index is 11.6. The van der Waals surface area contributed by atoms with Gasteiger partial charge >= 0.3 is 0 Å². The lowest BCUT2D eigenvalue weighted by Gasteiger charge is -2.13. The van der Waals surface area contributed by atoms with Crippen LogP contribution in [0.2, 0.25) is 0 Å². The first-order valence-corrected chi connectivity index (χ1v) is 15.9. The molecule has 0 aliphatic rings. The molecule has 0 bridgehead atoms. The van der Waals surface area contributed by atoms with Gasteiger partial charge in [0.1, 0.15) is 11.6 Å². The normalized spacial score (nSPS) is 12.9. The van der Waals surface area contributed by atoms with Crippen LogP contribution in [0.15, 0.2) is 94.8 Å². The van der Waals surface area contributed by atoms with Crippen LogP contribution in [0.4, 0.5) is 16.6 Å². The summed E-state index contributed by atoms with van der Waals surface area (Å²) in [6.07, 6.45) is 1.98. The molecule has 0 amide bonds. The Hall–Kier alpha value is -3.91. The van der Waals surface area contributed by atoms with Gasteiger partial charge in [0.25, 0.3) is 0 Å². The molecule has 3 N–H and O–H groups in total. The minimum atomic E-state index is -1.11. The molecule has 7 nitrogen and oxygen atoms in total. The number of pyridine rings is 1. The van der Waals surface area contributed by atoms with E-state index in [2.05, 4.69) is 24.8 Å². The first kappa shape index (κ1) is 27.6. The second kappa shape index (κ2) is 12.1. The number of nitrogens with zero attached hydrogens (tertiary/aromatic N) is 3. The quantitative estimate of drug-likeness (QED) is 0.145. The monoisotopic (exact) mass is 585 g/mol. The largest absolute Gasteiger partial charge is 0.497 e. The second-order valence-corrected chi connectivity index (χ2v) is 12.2. The number of nitrogen functional groups attached to an aromatic ring is 1. The second-order valence-electron chi connectivity index (χ2n) is 8.86. The molecule has 5 aromatic rings. The van der Waals surface area contributed by atoms with Crippen LogP contribution >= 0.6 is 19.8 Å². The fraction of sp³-hybridized carbons (Fsp3) is 0.100. The predicted molar refractivity (Wildman–Crippen MR) is 172 cm³/mol. The number of ether oxygens (including phenoxy) is 1. The average molecular weight is 586 g/mol. The van der Waals surface area contributed by atoms with Crippen molar-refractivity contribution in [2.24, 2.45) is 4.99 Å². The van der Waals surface area contributed by atoms with Crippen molar-refractivity contribution in [3.63, 3.8) is 0 Å². The van der Waals surface area contributed by atoms with Crippen molar-refractivity contribution in [2.75, 3.05) is 18.2 Å². The van der Waals surface area contributed by atoms with Crippen LogP contribution in [-0.4, -0.2) is 27.0 Å². The van der Waals surface area contributed by atoms with Crippen molar-refractivity contribution in [1.29, 1.82) is 0 Å². The van der Waals surface area contributed by atoms with Crippen LogP contribution in [0.1, 0.15) is 24.3 Å². The van der Waals surface area contributed by atoms with E-state index in [1.165, 1.54) is 11.3 Å². The molecule has 0 aliphatic carbocycles. The molecule has 0 fully saturated rings. The van der Waals surface area contributed by atoms with Gasteiger partial charge in [-0.05, 0) is 70.8 Å². The van der Waals surface area contributed by atoms with Crippen LogP contribution in [0.5, 0.6) is 5.75 Å². The lowest BCUT2D eigenvalue weighted by molar-refractivity contribution is 0.415. The number of fused-ring (bicyclic) bond motifs is 1. The number of hydrogen-bond acceptors (Lipinski definition) is 8. The van der Waals surface area contributed by atoms with Crippen molar-refractivity contribution in [3.05, 3.63) is 95.4 Å². The zero-order chi connectivity index (χ0) is 28.2. The number of rotatable bonds is 8. The highest BCUT2D eigenvalue weighted by Crippen LogP contribution is 2.34. The number of nitrogens with two attached hydrogens (primary N) is 1. The number of aliphatic imine (C=N–C) groups is 1. The summed E-state index contributed by atoms with van der Waals surface area (Å²) >= 11 is 1.43. The van der Waals surface area contributed by atoms with E-state index in [-0.39, 0.29) is 0 Å². The first-order chi connectivity index (χ1) is 19.4. The highest BCUT2D eigenvalue weighted by molar-refractivity contribution is 8.33. The van der Waals surface area contributed by atoms with Gasteiger partial charge in [-0.1, -0.05) is 47.7 Å². The van der Waals surface area contributed by atoms with Crippen molar-refractivity contribution < 1.29 is 8.95 Å². The molecule has 10 heteroatoms. The van der Waals surface area contributed by atoms with E-state index in [0.29, 0.717) is 10.9 Å². The third kappa shape index (κ3) is 5.97. The minimum Gasteiger partial charge on any atom is -0.497 e. The minimum absolute atomic E-state index is 0.400. The summed E-state index contributed by atoms with van der Waals surface area (Å²) < 4.78 is 17.1. The fourth-order valence-corrected chi connectivity index (χ4v) is 5.97. The first-order valence-electron chi connectivity index (χ1n) is 12.4. The number of hydrogen-bond donors (Lipinski definition) is 2. The van der Waals surface area contributed by atoms with Crippen molar-refractivity contribution in [1.82, 2.24) is 9.97 Å². The van der Waals surface area contributed by atoms with E-state index >= 15 is 0 Å². The lowest BCUT2D eigenvalue weighted by atomic mass is 10.0. The van der Waals surface area contributed by atoms with Crippen LogP contribution in [-0.2, 0) is 10.4 Å². The molecule has 2 unspecified atom stereocenters. The zero-order valence-electron chi connectivity index (χ0n) is 22.2. The summed E-state index contributed by atoms with van der Waals surface area (Å²) in [6.45, 7) is 3.89. The Kier molecular flexibility index (Phi) is 8.35. The van der Waals surface area contributed by atoms with Gasteiger partial charge < -0.3 is 15.8 Å². The Morgan fingerprint density at radius 3 is 2.50 bits per heavy atom. The summed E-state index contributed by atoms with van der Waals surface area (Å²) in [5, 5.41) is 4.88. The third-order valence-corrected chi connectivity index (χ3v) is 8.88. The molecule has 2 heterocycles. The Morgan fingerprint density at radius 1 is 1.07 bits per heavy atom. The van der Waals surface area contributed by atoms with Crippen LogP contribution in [0.3, 0.4) is 0 Å². The number of anilines is 3. The maximum Gasteiger partial charge on any atom is 0.189 e. The van der Waals surface area contributed by atoms with E-state index in [1.807, 2.05) is 92.7 Å². The molecule has 2 atom stereocenters. The van der Waals surface area contributed by atoms with Crippen LogP contribution < -0.4 is 15.8 Å². The third-order valence-electron chi connectivity index (χ3n) is 6.23. The summed E-state index contributed by atoms with van der Waals surface area (Å²) in [4.78, 5) is 16.1. The van der Waals surface area contributed by atoms with E-state index < -0.39 is 10.4 Å². The Morgan fingerprint density at radius 2 is 1.82 bits per heavy atom. The van der Waals surface area contributed by atoms with E-state index in [9.17, 15) is 4.21 Å². The lowest BCUT2D eigenvalue weighted by Crippen LogP contribution is -2.00. The maximum atomic E-state index is 11.6. The molecule has 3 aromatic carbocycles. The molecule has 0 saturated heterocycles. The predicted octanol–water partition coefficient (Wildman–Crippen LogP) is 7.46. The van der Waals surface area contributed by atoms with Gasteiger partial charge in [0.05, 0.1) is 45.0 Å². The summed E-state index contributed by atoms with van der Waals surface area (Å²) in [7, 11) is 2.83. The molecule has 202 valence electrons. The SMILES string of the molecule is C/C=C(\N=C(C)c1sc(Nc2ccc(S(=O)P)cc2)nc1N)c1cc2cc(OC)ccc2nc1-c1ccccc1. The summed E-state index contributed by atoms with van der Waals surface area (Å²) in [5.74, 6) is 1.17. The number of methoxy groups -OCH3 is 1. The molecule has 2 aromatic heterocycles. The van der Waals surface area contributed by atoms with Gasteiger partial charge in [-0.25, -0.2) is 9.97 Å². The number of nitrogens with one attached hydrogen (secondary N) is 1. The number of thiazole rings is 1. The molecular weight excluding hydrogens is 557 g/mol. The zero-order valence-corrected chi connectivity index (χ0v) is 25.0. The highest BCUT2D eigenvalue weighted by atomic mass is 32.7. The Bertz CT molecular complexity index is 1770. The number of aromatic nitrogens is 2. The standard InChI is InChI=1S/C30H28N5O2PS2/c1-4-25(24-17-20-16-22(37-3)12-15-26(20)34-27(24)19-8-6-5-7-9-19)32-18(2)28-29(31)35-30(39-28)33-21-10-13-23(14-11-21)40(36)38/h4-17H,31,38H2,1-3H3,(H,33,35)/b25-4-,32-18?. The van der Waals surface area contributed by atoms with Crippen molar-refractivity contribution in [3.8, 4) is 17.0 Å². The molecule has 0 saturated carbocycles. The summed E-state index contributed by atoms with van der Waals surface area (Å²) in [6, 6.07) is 25.4. The van der Waals surface area contributed by atoms with E-state index in [4.69, 9.17) is 20.4 Å². The molecular formula is C30H28N5O2PS2. The smallest absolute Gasteiger partial charge is 0.189 e. The average Bonchev–Trinajstić information content (AvgIpc) is 3.35. The molecule has 0 spiro atoms. The topological polar surface area (TPSA) is 102 Å². The van der Waals surface area contributed by atoms with Crippen LogP contribution in [0, 0.1) is 0 Å². The molecule has 40 heavy (non-hydrogen) atoms. The molecule has 5 rings (SSSR count). The Labute approximate surface area is 241 Å². The van der Waals surface area contributed by atoms with Gasteiger partial charge in [0.2, 0.25) is 0 Å². The fourth-order valence-electron chi connectivity index (χ4n) is 4.25. The van der Waals surface area contributed by atoms with Gasteiger partial charge in [0.15, 0.2) is 5.13 Å². The van der Waals surface area contributed by atoms with E-state index in [0.717, 1.165) is 60.3 Å². The Balaban J connectivity index is 1.52. The highest BCUT2D eigenvalue weighted by Gasteiger charge is 2.16. The number of allylic oxidation sites excluding steroid dienone is 1. The van der Waals surface area contributed by atoms with Gasteiger partial charge in [-0.3, -0.25) is 9.20 Å². The number of benzene rings is 3. The van der Waals surface area contributed by atoms with Gasteiger partial charge in [0, 0.05) is 27.1 Å².